The number of aryl methyl sites for hydroxylation is 1. The third kappa shape index (κ3) is 3.72. The van der Waals surface area contributed by atoms with Crippen molar-refractivity contribution in [2.45, 2.75) is 6.92 Å². The second-order valence-electron chi connectivity index (χ2n) is 2.85. The minimum atomic E-state index is 0.529. The third-order valence-corrected chi connectivity index (χ3v) is 2.41. The average Bonchev–Trinajstić information content (AvgIpc) is 2.18. The molecule has 0 bridgehead atoms. The molecule has 76 valence electrons. The van der Waals surface area contributed by atoms with Crippen LogP contribution in [-0.4, -0.2) is 12.5 Å². The molecule has 0 N–H and O–H groups in total. The monoisotopic (exact) mass is 274 g/mol. The molecule has 0 aliphatic rings. The molecule has 1 nitrogen and oxygen atoms in total. The standard InChI is InChI=1S/C11H12BrClO/c1-9-4-5-10(12)8-11(9)14-7-3-2-6-13/h2-5,8H,6-7H2,1H3/b3-2+. The van der Waals surface area contributed by atoms with E-state index in [-0.39, 0.29) is 0 Å². The second-order valence-corrected chi connectivity index (χ2v) is 4.07. The van der Waals surface area contributed by atoms with Gasteiger partial charge in [-0.2, -0.15) is 0 Å². The van der Waals surface area contributed by atoms with Gasteiger partial charge in [0.15, 0.2) is 0 Å². The molecule has 0 heterocycles. The van der Waals surface area contributed by atoms with Gasteiger partial charge in [0.05, 0.1) is 0 Å². The van der Waals surface area contributed by atoms with E-state index in [1.54, 1.807) is 0 Å². The molecular weight excluding hydrogens is 263 g/mol. The highest BCUT2D eigenvalue weighted by Crippen LogP contribution is 2.22. The summed E-state index contributed by atoms with van der Waals surface area (Å²) in [5, 5.41) is 0. The summed E-state index contributed by atoms with van der Waals surface area (Å²) in [6.07, 6.45) is 3.78. The fourth-order valence-corrected chi connectivity index (χ4v) is 1.46. The minimum absolute atomic E-state index is 0.529. The number of benzene rings is 1. The van der Waals surface area contributed by atoms with Crippen LogP contribution in [0.3, 0.4) is 0 Å². The van der Waals surface area contributed by atoms with E-state index >= 15 is 0 Å². The zero-order valence-corrected chi connectivity index (χ0v) is 10.3. The Bertz CT molecular complexity index is 323. The molecule has 0 aliphatic carbocycles. The van der Waals surface area contributed by atoms with E-state index < -0.39 is 0 Å². The van der Waals surface area contributed by atoms with Crippen LogP contribution in [0.15, 0.2) is 34.8 Å². The van der Waals surface area contributed by atoms with Crippen LogP contribution in [0.25, 0.3) is 0 Å². The van der Waals surface area contributed by atoms with Crippen molar-refractivity contribution in [1.29, 1.82) is 0 Å². The van der Waals surface area contributed by atoms with Crippen LogP contribution >= 0.6 is 27.5 Å². The Morgan fingerprint density at radius 2 is 2.21 bits per heavy atom. The summed E-state index contributed by atoms with van der Waals surface area (Å²) in [6.45, 7) is 2.58. The Kier molecular flexibility index (Phi) is 5.05. The first kappa shape index (κ1) is 11.6. The number of halogens is 2. The largest absolute Gasteiger partial charge is 0.489 e. The highest BCUT2D eigenvalue weighted by atomic mass is 79.9. The summed E-state index contributed by atoms with van der Waals surface area (Å²) < 4.78 is 6.57. The molecule has 0 fully saturated rings. The molecule has 0 spiro atoms. The highest BCUT2D eigenvalue weighted by molar-refractivity contribution is 9.10. The van der Waals surface area contributed by atoms with Crippen LogP contribution in [0.4, 0.5) is 0 Å². The number of alkyl halides is 1. The van der Waals surface area contributed by atoms with Gasteiger partial charge in [-0.15, -0.1) is 11.6 Å². The van der Waals surface area contributed by atoms with E-state index in [1.807, 2.05) is 37.3 Å². The van der Waals surface area contributed by atoms with E-state index in [0.717, 1.165) is 15.8 Å². The highest BCUT2D eigenvalue weighted by Gasteiger charge is 1.98. The Morgan fingerprint density at radius 3 is 2.93 bits per heavy atom. The van der Waals surface area contributed by atoms with Crippen molar-refractivity contribution in [2.24, 2.45) is 0 Å². The first-order chi connectivity index (χ1) is 6.74. The molecule has 3 heteroatoms. The van der Waals surface area contributed by atoms with Gasteiger partial charge in [-0.3, -0.25) is 0 Å². The molecule has 0 radical (unpaired) electrons. The number of allylic oxidation sites excluding steroid dienone is 1. The number of ether oxygens (including phenoxy) is 1. The van der Waals surface area contributed by atoms with Crippen molar-refractivity contribution in [1.82, 2.24) is 0 Å². The molecule has 0 atom stereocenters. The number of hydrogen-bond donors (Lipinski definition) is 0. The fraction of sp³-hybridized carbons (Fsp3) is 0.273. The summed E-state index contributed by atoms with van der Waals surface area (Å²) in [7, 11) is 0. The zero-order valence-electron chi connectivity index (χ0n) is 7.97. The minimum Gasteiger partial charge on any atom is -0.489 e. The van der Waals surface area contributed by atoms with Crippen molar-refractivity contribution in [2.75, 3.05) is 12.5 Å². The molecule has 0 aliphatic heterocycles. The summed E-state index contributed by atoms with van der Waals surface area (Å²) in [6, 6.07) is 5.98. The summed E-state index contributed by atoms with van der Waals surface area (Å²) in [5.74, 6) is 1.43. The van der Waals surface area contributed by atoms with Gasteiger partial charge < -0.3 is 4.74 Å². The maximum absolute atomic E-state index is 5.54. The molecule has 1 rings (SSSR count). The number of rotatable bonds is 4. The van der Waals surface area contributed by atoms with Gasteiger partial charge in [-0.05, 0) is 24.6 Å². The summed E-state index contributed by atoms with van der Waals surface area (Å²) in [5.41, 5.74) is 1.13. The summed E-state index contributed by atoms with van der Waals surface area (Å²) in [4.78, 5) is 0. The van der Waals surface area contributed by atoms with Crippen molar-refractivity contribution in [3.8, 4) is 5.75 Å². The maximum Gasteiger partial charge on any atom is 0.123 e. The van der Waals surface area contributed by atoms with Gasteiger partial charge in [0.2, 0.25) is 0 Å². The van der Waals surface area contributed by atoms with Gasteiger partial charge in [0.25, 0.3) is 0 Å². The van der Waals surface area contributed by atoms with E-state index in [1.165, 1.54) is 0 Å². The Labute approximate surface area is 97.9 Å². The molecule has 0 aromatic heterocycles. The molecule has 0 amide bonds. The Balaban J connectivity index is 2.57. The average molecular weight is 276 g/mol. The SMILES string of the molecule is Cc1ccc(Br)cc1OC/C=C/CCl. The Morgan fingerprint density at radius 1 is 1.43 bits per heavy atom. The van der Waals surface area contributed by atoms with E-state index in [0.29, 0.717) is 12.5 Å². The first-order valence-corrected chi connectivity index (χ1v) is 5.66. The van der Waals surface area contributed by atoms with Crippen molar-refractivity contribution >= 4 is 27.5 Å². The molecule has 0 unspecified atom stereocenters. The second kappa shape index (κ2) is 6.10. The van der Waals surface area contributed by atoms with Crippen LogP contribution in [0, 0.1) is 6.92 Å². The fourth-order valence-electron chi connectivity index (χ4n) is 0.998. The van der Waals surface area contributed by atoms with Crippen LogP contribution in [0.2, 0.25) is 0 Å². The van der Waals surface area contributed by atoms with Gasteiger partial charge in [0, 0.05) is 10.4 Å². The van der Waals surface area contributed by atoms with Crippen LogP contribution in [0.1, 0.15) is 5.56 Å². The predicted molar refractivity (Wildman–Crippen MR) is 64.2 cm³/mol. The normalized spacial score (nSPS) is 10.8. The van der Waals surface area contributed by atoms with Crippen LogP contribution in [-0.2, 0) is 0 Å². The van der Waals surface area contributed by atoms with Crippen LogP contribution in [0.5, 0.6) is 5.75 Å². The van der Waals surface area contributed by atoms with Gasteiger partial charge in [-0.25, -0.2) is 0 Å². The van der Waals surface area contributed by atoms with Crippen LogP contribution < -0.4 is 4.74 Å². The lowest BCUT2D eigenvalue weighted by Gasteiger charge is -2.06. The molecule has 1 aromatic rings. The Hall–Kier alpha value is -0.470. The molecular formula is C11H12BrClO. The number of hydrogen-bond acceptors (Lipinski definition) is 1. The van der Waals surface area contributed by atoms with E-state index in [2.05, 4.69) is 15.9 Å². The quantitative estimate of drug-likeness (QED) is 0.597. The molecule has 14 heavy (non-hydrogen) atoms. The lowest BCUT2D eigenvalue weighted by molar-refractivity contribution is 0.360. The van der Waals surface area contributed by atoms with Crippen molar-refractivity contribution < 1.29 is 4.74 Å². The lowest BCUT2D eigenvalue weighted by Crippen LogP contribution is -1.95. The van der Waals surface area contributed by atoms with Crippen molar-refractivity contribution in [3.63, 3.8) is 0 Å². The predicted octanol–water partition coefficient (Wildman–Crippen LogP) is 3.93. The lowest BCUT2D eigenvalue weighted by atomic mass is 10.2. The molecule has 0 saturated carbocycles. The smallest absolute Gasteiger partial charge is 0.123 e. The van der Waals surface area contributed by atoms with E-state index in [9.17, 15) is 0 Å². The van der Waals surface area contributed by atoms with Gasteiger partial charge >= 0.3 is 0 Å². The van der Waals surface area contributed by atoms with Gasteiger partial charge in [0.1, 0.15) is 12.4 Å². The first-order valence-electron chi connectivity index (χ1n) is 4.34. The molecule has 1 aromatic carbocycles. The topological polar surface area (TPSA) is 9.23 Å². The van der Waals surface area contributed by atoms with Gasteiger partial charge in [-0.1, -0.05) is 34.1 Å². The third-order valence-electron chi connectivity index (χ3n) is 1.74. The molecule has 0 saturated heterocycles. The van der Waals surface area contributed by atoms with Crippen molar-refractivity contribution in [3.05, 3.63) is 40.4 Å². The maximum atomic E-state index is 5.54. The summed E-state index contributed by atoms with van der Waals surface area (Å²) >= 11 is 8.89. The van der Waals surface area contributed by atoms with E-state index in [4.69, 9.17) is 16.3 Å². The zero-order chi connectivity index (χ0) is 10.4.